The van der Waals surface area contributed by atoms with E-state index >= 15 is 0 Å². The summed E-state index contributed by atoms with van der Waals surface area (Å²) in [7, 11) is 0. The average Bonchev–Trinajstić information content (AvgIpc) is 2.79. The molecule has 0 radical (unpaired) electrons. The van der Waals surface area contributed by atoms with E-state index in [9.17, 15) is 5.11 Å². The number of hydrogen-bond donors (Lipinski definition) is 1. The van der Waals surface area contributed by atoms with Crippen LogP contribution in [0.1, 0.15) is 168 Å². The lowest BCUT2D eigenvalue weighted by Gasteiger charge is -2.25. The Morgan fingerprint density at radius 1 is 0.438 bits per heavy atom. The monoisotopic (exact) mass is 453 g/mol. The quantitative estimate of drug-likeness (QED) is 0.125. The molecular weight excluding hydrogens is 390 g/mol. The summed E-state index contributed by atoms with van der Waals surface area (Å²) in [5.74, 6) is 0. The van der Waals surface area contributed by atoms with E-state index in [1.807, 2.05) is 0 Å². The molecule has 0 amide bonds. The van der Waals surface area contributed by atoms with Crippen molar-refractivity contribution in [3.8, 4) is 0 Å². The van der Waals surface area contributed by atoms with Crippen molar-refractivity contribution in [1.29, 1.82) is 0 Å². The van der Waals surface area contributed by atoms with Gasteiger partial charge in [-0.25, -0.2) is 0 Å². The number of hydrogen-bond acceptors (Lipinski definition) is 2. The second-order valence-electron chi connectivity index (χ2n) is 10.5. The highest BCUT2D eigenvalue weighted by Crippen LogP contribution is 2.14. The third kappa shape index (κ3) is 24.6. The van der Waals surface area contributed by atoms with Gasteiger partial charge in [0.25, 0.3) is 0 Å². The van der Waals surface area contributed by atoms with Crippen LogP contribution in [-0.2, 0) is 0 Å². The predicted molar refractivity (Wildman–Crippen MR) is 146 cm³/mol. The van der Waals surface area contributed by atoms with E-state index in [0.717, 1.165) is 13.0 Å². The number of aliphatic hydroxyl groups excluding tert-OH is 1. The fraction of sp³-hybridized carbons (Fsp3) is 1.00. The molecule has 2 heteroatoms. The first-order valence-corrected chi connectivity index (χ1v) is 15.1. The third-order valence-electron chi connectivity index (χ3n) is 7.02. The van der Waals surface area contributed by atoms with Crippen molar-refractivity contribution in [1.82, 2.24) is 4.90 Å². The first-order valence-electron chi connectivity index (χ1n) is 15.1. The minimum atomic E-state index is -0.121. The van der Waals surface area contributed by atoms with Crippen molar-refractivity contribution in [2.45, 2.75) is 175 Å². The zero-order chi connectivity index (χ0) is 23.5. The molecule has 0 saturated carbocycles. The fourth-order valence-electron chi connectivity index (χ4n) is 4.78. The van der Waals surface area contributed by atoms with E-state index in [-0.39, 0.29) is 6.10 Å². The number of aliphatic hydroxyl groups is 1. The lowest BCUT2D eigenvalue weighted by molar-refractivity contribution is 0.100. The Morgan fingerprint density at radius 2 is 0.750 bits per heavy atom. The van der Waals surface area contributed by atoms with Gasteiger partial charge in [-0.2, -0.15) is 0 Å². The van der Waals surface area contributed by atoms with Crippen LogP contribution in [0.15, 0.2) is 0 Å². The van der Waals surface area contributed by atoms with E-state index in [2.05, 4.69) is 25.7 Å². The van der Waals surface area contributed by atoms with Crippen molar-refractivity contribution in [3.05, 3.63) is 0 Å². The number of rotatable bonds is 27. The zero-order valence-electron chi connectivity index (χ0n) is 22.9. The molecule has 2 nitrogen and oxygen atoms in total. The maximum atomic E-state index is 10.6. The lowest BCUT2D eigenvalue weighted by atomic mass is 10.0. The van der Waals surface area contributed by atoms with Gasteiger partial charge in [-0.3, -0.25) is 0 Å². The second kappa shape index (κ2) is 27.2. The van der Waals surface area contributed by atoms with Gasteiger partial charge >= 0.3 is 0 Å². The van der Waals surface area contributed by atoms with Crippen LogP contribution >= 0.6 is 0 Å². The Morgan fingerprint density at radius 3 is 1.12 bits per heavy atom. The van der Waals surface area contributed by atoms with Crippen LogP contribution in [0.5, 0.6) is 0 Å². The van der Waals surface area contributed by atoms with Crippen LogP contribution in [0.4, 0.5) is 0 Å². The summed E-state index contributed by atoms with van der Waals surface area (Å²) in [6.45, 7) is 10.2. The highest BCUT2D eigenvalue weighted by atomic mass is 16.3. The minimum absolute atomic E-state index is 0.121. The number of unbranched alkanes of at least 4 members (excludes halogenated alkanes) is 19. The highest BCUT2D eigenvalue weighted by molar-refractivity contribution is 4.66. The van der Waals surface area contributed by atoms with Crippen molar-refractivity contribution < 1.29 is 5.11 Å². The molecule has 1 atom stereocenters. The Kier molecular flexibility index (Phi) is 27.1. The maximum Gasteiger partial charge on any atom is 0.0667 e. The van der Waals surface area contributed by atoms with Crippen molar-refractivity contribution in [3.63, 3.8) is 0 Å². The van der Waals surface area contributed by atoms with Crippen LogP contribution < -0.4 is 0 Å². The molecular formula is C30H63NO. The summed E-state index contributed by atoms with van der Waals surface area (Å²) in [6, 6.07) is 0. The normalized spacial score (nSPS) is 12.7. The van der Waals surface area contributed by atoms with Gasteiger partial charge in [0.15, 0.2) is 0 Å². The second-order valence-corrected chi connectivity index (χ2v) is 10.5. The summed E-state index contributed by atoms with van der Waals surface area (Å²) in [5.41, 5.74) is 0. The van der Waals surface area contributed by atoms with Gasteiger partial charge in [-0.15, -0.1) is 0 Å². The molecule has 0 bridgehead atoms. The molecule has 32 heavy (non-hydrogen) atoms. The van der Waals surface area contributed by atoms with Crippen LogP contribution in [0.3, 0.4) is 0 Å². The summed E-state index contributed by atoms with van der Waals surface area (Å²) >= 11 is 0. The Labute approximate surface area is 204 Å². The standard InChI is InChI=1S/C30H63NO/c1-4-7-10-13-16-17-18-19-20-23-26-30(32)29-31(27-24-21-14-11-8-5-2)28-25-22-15-12-9-6-3/h30,32H,4-29H2,1-3H3. The molecule has 0 aromatic carbocycles. The third-order valence-corrected chi connectivity index (χ3v) is 7.02. The highest BCUT2D eigenvalue weighted by Gasteiger charge is 2.11. The zero-order valence-corrected chi connectivity index (χ0v) is 22.9. The van der Waals surface area contributed by atoms with Crippen LogP contribution in [-0.4, -0.2) is 35.7 Å². The Hall–Kier alpha value is -0.0800. The maximum absolute atomic E-state index is 10.6. The molecule has 0 aromatic heterocycles. The molecule has 194 valence electrons. The molecule has 1 unspecified atom stereocenters. The van der Waals surface area contributed by atoms with E-state index < -0.39 is 0 Å². The summed E-state index contributed by atoms with van der Waals surface area (Å²) in [4.78, 5) is 2.58. The van der Waals surface area contributed by atoms with Crippen molar-refractivity contribution >= 4 is 0 Å². The molecule has 0 aliphatic rings. The SMILES string of the molecule is CCCCCCCCCCCCC(O)CN(CCCCCCCC)CCCCCCCC. The van der Waals surface area contributed by atoms with Crippen LogP contribution in [0.2, 0.25) is 0 Å². The van der Waals surface area contributed by atoms with Crippen molar-refractivity contribution in [2.24, 2.45) is 0 Å². The van der Waals surface area contributed by atoms with E-state index in [1.165, 1.54) is 154 Å². The summed E-state index contributed by atoms with van der Waals surface area (Å²) in [6.07, 6.45) is 30.9. The van der Waals surface area contributed by atoms with Gasteiger partial charge in [0.1, 0.15) is 0 Å². The van der Waals surface area contributed by atoms with Crippen LogP contribution in [0.25, 0.3) is 0 Å². The first-order chi connectivity index (χ1) is 15.7. The molecule has 0 aliphatic heterocycles. The first kappa shape index (κ1) is 31.9. The Balaban J connectivity index is 3.90. The van der Waals surface area contributed by atoms with Gasteiger partial charge in [-0.05, 0) is 32.4 Å². The average molecular weight is 454 g/mol. The topological polar surface area (TPSA) is 23.5 Å². The van der Waals surface area contributed by atoms with Gasteiger partial charge in [0.05, 0.1) is 6.10 Å². The fourth-order valence-corrected chi connectivity index (χ4v) is 4.78. The predicted octanol–water partition coefficient (Wildman–Crippen LogP) is 9.68. The van der Waals surface area contributed by atoms with E-state index in [0.29, 0.717) is 0 Å². The van der Waals surface area contributed by atoms with Gasteiger partial charge in [-0.1, -0.05) is 149 Å². The molecule has 1 N–H and O–H groups in total. The van der Waals surface area contributed by atoms with Gasteiger partial charge in [0.2, 0.25) is 0 Å². The Bertz CT molecular complexity index is 317. The molecule has 0 fully saturated rings. The van der Waals surface area contributed by atoms with E-state index in [4.69, 9.17) is 0 Å². The summed E-state index contributed by atoms with van der Waals surface area (Å²) in [5, 5.41) is 10.6. The molecule has 0 aromatic rings. The molecule has 0 saturated heterocycles. The van der Waals surface area contributed by atoms with Gasteiger partial charge in [0, 0.05) is 6.54 Å². The van der Waals surface area contributed by atoms with Gasteiger partial charge < -0.3 is 10.0 Å². The molecule has 0 rings (SSSR count). The lowest BCUT2D eigenvalue weighted by Crippen LogP contribution is -2.34. The molecule has 0 aliphatic carbocycles. The number of nitrogens with zero attached hydrogens (tertiary/aromatic N) is 1. The smallest absolute Gasteiger partial charge is 0.0667 e. The van der Waals surface area contributed by atoms with Crippen LogP contribution in [0, 0.1) is 0 Å². The summed E-state index contributed by atoms with van der Waals surface area (Å²) < 4.78 is 0. The largest absolute Gasteiger partial charge is 0.392 e. The van der Waals surface area contributed by atoms with E-state index in [1.54, 1.807) is 0 Å². The van der Waals surface area contributed by atoms with Crippen molar-refractivity contribution in [2.75, 3.05) is 19.6 Å². The minimum Gasteiger partial charge on any atom is -0.392 e. The molecule has 0 heterocycles. The molecule has 0 spiro atoms.